The topological polar surface area (TPSA) is 64.9 Å². The Morgan fingerprint density at radius 2 is 2.31 bits per heavy atom. The molecule has 0 atom stereocenters. The van der Waals surface area contributed by atoms with Crippen molar-refractivity contribution in [3.05, 3.63) is 30.0 Å². The molecule has 3 rings (SSSR count). The van der Waals surface area contributed by atoms with E-state index in [0.717, 1.165) is 21.3 Å². The average Bonchev–Trinajstić information content (AvgIpc) is 2.97. The van der Waals surface area contributed by atoms with Crippen LogP contribution in [0.5, 0.6) is 0 Å². The number of furan rings is 1. The highest BCUT2D eigenvalue weighted by Crippen LogP contribution is 2.32. The lowest BCUT2D eigenvalue weighted by molar-refractivity contribution is 0.582. The van der Waals surface area contributed by atoms with E-state index < -0.39 is 0 Å². The Hall–Kier alpha value is -1.66. The van der Waals surface area contributed by atoms with Crippen LogP contribution >= 0.6 is 22.7 Å². The van der Waals surface area contributed by atoms with E-state index in [4.69, 9.17) is 10.2 Å². The molecular formula is C10H7N3OS2. The van der Waals surface area contributed by atoms with Gasteiger partial charge in [-0.3, -0.25) is 0 Å². The van der Waals surface area contributed by atoms with Crippen LogP contribution in [-0.4, -0.2) is 9.97 Å². The van der Waals surface area contributed by atoms with Crippen LogP contribution in [-0.2, 0) is 0 Å². The van der Waals surface area contributed by atoms with Crippen LogP contribution in [0, 0.1) is 0 Å². The molecule has 3 aromatic rings. The van der Waals surface area contributed by atoms with Gasteiger partial charge in [-0.05, 0) is 12.1 Å². The molecule has 0 saturated heterocycles. The van der Waals surface area contributed by atoms with Crippen molar-refractivity contribution < 1.29 is 4.42 Å². The predicted molar refractivity (Wildman–Crippen MR) is 65.3 cm³/mol. The summed E-state index contributed by atoms with van der Waals surface area (Å²) in [6, 6.07) is 3.73. The summed E-state index contributed by atoms with van der Waals surface area (Å²) < 4.78 is 5.28. The normalized spacial score (nSPS) is 10.8. The van der Waals surface area contributed by atoms with E-state index in [2.05, 4.69) is 9.97 Å². The van der Waals surface area contributed by atoms with Gasteiger partial charge in [0.2, 0.25) is 0 Å². The molecule has 16 heavy (non-hydrogen) atoms. The first-order chi connectivity index (χ1) is 7.83. The van der Waals surface area contributed by atoms with E-state index in [9.17, 15) is 0 Å². The quantitative estimate of drug-likeness (QED) is 0.758. The van der Waals surface area contributed by atoms with Crippen molar-refractivity contribution in [1.29, 1.82) is 0 Å². The summed E-state index contributed by atoms with van der Waals surface area (Å²) in [5.41, 5.74) is 6.46. The number of anilines is 1. The van der Waals surface area contributed by atoms with Crippen LogP contribution in [0.4, 0.5) is 5.13 Å². The predicted octanol–water partition coefficient (Wildman–Crippen LogP) is 3.11. The molecule has 0 aliphatic heterocycles. The molecule has 0 saturated carbocycles. The lowest BCUT2D eigenvalue weighted by atomic mass is 10.4. The summed E-state index contributed by atoms with van der Waals surface area (Å²) in [5.74, 6) is 0.777. The van der Waals surface area contributed by atoms with Gasteiger partial charge in [0.1, 0.15) is 0 Å². The molecule has 2 N–H and O–H groups in total. The van der Waals surface area contributed by atoms with Crippen molar-refractivity contribution in [1.82, 2.24) is 9.97 Å². The molecule has 0 aromatic carbocycles. The van der Waals surface area contributed by atoms with Gasteiger partial charge >= 0.3 is 0 Å². The molecule has 0 radical (unpaired) electrons. The third-order valence-electron chi connectivity index (χ3n) is 2.01. The fourth-order valence-corrected chi connectivity index (χ4v) is 2.79. The Morgan fingerprint density at radius 3 is 3.00 bits per heavy atom. The molecule has 0 spiro atoms. The van der Waals surface area contributed by atoms with Crippen LogP contribution in [0.1, 0.15) is 0 Å². The number of nitrogens with two attached hydrogens (primary N) is 1. The molecule has 0 amide bonds. The highest BCUT2D eigenvalue weighted by molar-refractivity contribution is 7.19. The molecule has 0 unspecified atom stereocenters. The second-order valence-corrected chi connectivity index (χ2v) is 5.00. The minimum atomic E-state index is 0.572. The van der Waals surface area contributed by atoms with E-state index in [1.165, 1.54) is 11.3 Å². The van der Waals surface area contributed by atoms with Crippen molar-refractivity contribution in [3.63, 3.8) is 0 Å². The highest BCUT2D eigenvalue weighted by atomic mass is 32.1. The van der Waals surface area contributed by atoms with Gasteiger partial charge in [-0.1, -0.05) is 0 Å². The molecule has 0 aliphatic rings. The Balaban J connectivity index is 2.00. The third-order valence-corrected chi connectivity index (χ3v) is 3.72. The van der Waals surface area contributed by atoms with Gasteiger partial charge in [-0.15, -0.1) is 22.7 Å². The van der Waals surface area contributed by atoms with Crippen LogP contribution in [0.2, 0.25) is 0 Å². The largest absolute Gasteiger partial charge is 0.462 e. The summed E-state index contributed by atoms with van der Waals surface area (Å²) in [6.07, 6.45) is 3.42. The number of nitrogens with zero attached hydrogens (tertiary/aromatic N) is 2. The summed E-state index contributed by atoms with van der Waals surface area (Å²) in [7, 11) is 0. The van der Waals surface area contributed by atoms with Crippen molar-refractivity contribution >= 4 is 27.8 Å². The van der Waals surface area contributed by atoms with Gasteiger partial charge in [0, 0.05) is 11.6 Å². The van der Waals surface area contributed by atoms with Crippen molar-refractivity contribution in [3.8, 4) is 21.3 Å². The maximum absolute atomic E-state index is 5.59. The molecule has 0 aliphatic carbocycles. The number of hydrogen-bond acceptors (Lipinski definition) is 6. The number of thiazole rings is 2. The first kappa shape index (κ1) is 9.56. The van der Waals surface area contributed by atoms with Gasteiger partial charge in [0.05, 0.1) is 16.8 Å². The Bertz CT molecular complexity index is 597. The lowest BCUT2D eigenvalue weighted by Gasteiger charge is -1.87. The van der Waals surface area contributed by atoms with Gasteiger partial charge in [-0.2, -0.15) is 0 Å². The van der Waals surface area contributed by atoms with E-state index in [1.54, 1.807) is 23.8 Å². The number of hydrogen-bond donors (Lipinski definition) is 1. The van der Waals surface area contributed by atoms with E-state index >= 15 is 0 Å². The summed E-state index contributed by atoms with van der Waals surface area (Å²) in [5, 5.41) is 3.35. The van der Waals surface area contributed by atoms with Crippen molar-refractivity contribution in [2.24, 2.45) is 0 Å². The second-order valence-electron chi connectivity index (χ2n) is 3.08. The molecule has 3 aromatic heterocycles. The van der Waals surface area contributed by atoms with Gasteiger partial charge in [0.15, 0.2) is 15.9 Å². The number of rotatable bonds is 2. The zero-order chi connectivity index (χ0) is 11.0. The van der Waals surface area contributed by atoms with Gasteiger partial charge in [-0.25, -0.2) is 9.97 Å². The maximum atomic E-state index is 5.59. The Labute approximate surface area is 99.4 Å². The fraction of sp³-hybridized carbons (Fsp3) is 0. The maximum Gasteiger partial charge on any atom is 0.180 e. The molecule has 0 fully saturated rings. The monoisotopic (exact) mass is 249 g/mol. The van der Waals surface area contributed by atoms with E-state index in [-0.39, 0.29) is 0 Å². The minimum Gasteiger partial charge on any atom is -0.462 e. The molecule has 0 bridgehead atoms. The summed E-state index contributed by atoms with van der Waals surface area (Å²) in [4.78, 5) is 9.50. The smallest absolute Gasteiger partial charge is 0.180 e. The minimum absolute atomic E-state index is 0.572. The first-order valence-corrected chi connectivity index (χ1v) is 6.23. The van der Waals surface area contributed by atoms with Crippen molar-refractivity contribution in [2.45, 2.75) is 0 Å². The van der Waals surface area contributed by atoms with Crippen LogP contribution < -0.4 is 5.73 Å². The summed E-state index contributed by atoms with van der Waals surface area (Å²) in [6.45, 7) is 0. The molecule has 80 valence electrons. The lowest BCUT2D eigenvalue weighted by Crippen LogP contribution is -1.80. The van der Waals surface area contributed by atoms with E-state index in [1.807, 2.05) is 17.5 Å². The number of nitrogen functional groups attached to an aromatic ring is 1. The van der Waals surface area contributed by atoms with Crippen LogP contribution in [0.25, 0.3) is 21.3 Å². The number of aromatic nitrogens is 2. The summed E-state index contributed by atoms with van der Waals surface area (Å²) >= 11 is 2.97. The standard InChI is InChI=1S/C10H7N3OS2/c11-10-13-6(5-15-10)8-4-12-9(16-8)7-2-1-3-14-7/h1-5H,(H2,11,13). The fourth-order valence-electron chi connectivity index (χ4n) is 1.31. The zero-order valence-corrected chi connectivity index (χ0v) is 9.72. The Kier molecular flexibility index (Phi) is 2.23. The average molecular weight is 249 g/mol. The van der Waals surface area contributed by atoms with Crippen LogP contribution in [0.3, 0.4) is 0 Å². The SMILES string of the molecule is Nc1nc(-c2cnc(-c3ccco3)s2)cs1. The zero-order valence-electron chi connectivity index (χ0n) is 8.08. The Morgan fingerprint density at radius 1 is 1.38 bits per heavy atom. The first-order valence-electron chi connectivity index (χ1n) is 4.54. The van der Waals surface area contributed by atoms with Crippen LogP contribution in [0.15, 0.2) is 34.4 Å². The molecular weight excluding hydrogens is 242 g/mol. The second kappa shape index (κ2) is 3.73. The van der Waals surface area contributed by atoms with E-state index in [0.29, 0.717) is 5.13 Å². The molecule has 4 nitrogen and oxygen atoms in total. The molecule has 6 heteroatoms. The highest BCUT2D eigenvalue weighted by Gasteiger charge is 2.10. The third kappa shape index (κ3) is 1.62. The van der Waals surface area contributed by atoms with Gasteiger partial charge < -0.3 is 10.2 Å². The van der Waals surface area contributed by atoms with Gasteiger partial charge in [0.25, 0.3) is 0 Å². The molecule has 3 heterocycles. The van der Waals surface area contributed by atoms with Crippen molar-refractivity contribution in [2.75, 3.05) is 5.73 Å².